The molecule has 0 radical (unpaired) electrons. The van der Waals surface area contributed by atoms with Crippen LogP contribution in [0.2, 0.25) is 0 Å². The summed E-state index contributed by atoms with van der Waals surface area (Å²) in [5.74, 6) is -0.363. The largest absolute Gasteiger partial charge is 0.462 e. The Balaban J connectivity index is 1.95. The van der Waals surface area contributed by atoms with Crippen LogP contribution in [0.5, 0.6) is 0 Å². The van der Waals surface area contributed by atoms with Gasteiger partial charge in [0.2, 0.25) is 0 Å². The van der Waals surface area contributed by atoms with Crippen LogP contribution < -0.4 is 0 Å². The molecule has 0 aliphatic heterocycles. The molecule has 4 heteroatoms. The van der Waals surface area contributed by atoms with Gasteiger partial charge in [-0.05, 0) is 25.1 Å². The smallest absolute Gasteiger partial charge is 0.338 e. The number of para-hydroxylation sites is 2. The summed E-state index contributed by atoms with van der Waals surface area (Å²) in [5.41, 5.74) is 3.68. The van der Waals surface area contributed by atoms with Crippen molar-refractivity contribution in [2.24, 2.45) is 0 Å². The van der Waals surface area contributed by atoms with Gasteiger partial charge < -0.3 is 9.15 Å². The Bertz CT molecular complexity index is 1170. The number of esters is 1. The molecule has 0 aliphatic rings. The fourth-order valence-corrected chi connectivity index (χ4v) is 3.67. The second-order valence-electron chi connectivity index (χ2n) is 6.08. The number of halogens is 1. The Morgan fingerprint density at radius 2 is 1.74 bits per heavy atom. The van der Waals surface area contributed by atoms with Gasteiger partial charge in [-0.15, -0.1) is 0 Å². The second kappa shape index (κ2) is 7.41. The van der Waals surface area contributed by atoms with Gasteiger partial charge in [-0.2, -0.15) is 0 Å². The average molecular weight is 421 g/mol. The van der Waals surface area contributed by atoms with Crippen LogP contribution in [0.15, 0.2) is 75.6 Å². The zero-order valence-electron chi connectivity index (χ0n) is 14.7. The predicted molar refractivity (Wildman–Crippen MR) is 112 cm³/mol. The second-order valence-corrected chi connectivity index (χ2v) is 6.93. The van der Waals surface area contributed by atoms with E-state index in [2.05, 4.69) is 15.9 Å². The van der Waals surface area contributed by atoms with Gasteiger partial charge in [-0.25, -0.2) is 4.79 Å². The molecule has 1 heterocycles. The topological polar surface area (TPSA) is 39.4 Å². The van der Waals surface area contributed by atoms with E-state index in [9.17, 15) is 4.79 Å². The number of carbonyl (C=O) groups is 1. The van der Waals surface area contributed by atoms with Crippen molar-refractivity contribution >= 4 is 55.5 Å². The summed E-state index contributed by atoms with van der Waals surface area (Å²) in [6.07, 6.45) is 1.84. The minimum Gasteiger partial charge on any atom is -0.462 e. The van der Waals surface area contributed by atoms with Crippen LogP contribution in [0.1, 0.15) is 18.1 Å². The Labute approximate surface area is 165 Å². The maximum Gasteiger partial charge on any atom is 0.338 e. The summed E-state index contributed by atoms with van der Waals surface area (Å²) in [6.45, 7) is 2.12. The summed E-state index contributed by atoms with van der Waals surface area (Å²) in [4.78, 5) is 12.7. The lowest BCUT2D eigenvalue weighted by Gasteiger charge is -2.09. The van der Waals surface area contributed by atoms with E-state index in [1.54, 1.807) is 6.92 Å². The van der Waals surface area contributed by atoms with Crippen LogP contribution in [0.25, 0.3) is 33.6 Å². The van der Waals surface area contributed by atoms with E-state index in [4.69, 9.17) is 9.15 Å². The monoisotopic (exact) mass is 420 g/mol. The van der Waals surface area contributed by atoms with Crippen molar-refractivity contribution < 1.29 is 13.9 Å². The Kier molecular flexibility index (Phi) is 4.82. The molecule has 0 fully saturated rings. The van der Waals surface area contributed by atoms with Gasteiger partial charge in [0, 0.05) is 26.4 Å². The summed E-state index contributed by atoms with van der Waals surface area (Å²) in [7, 11) is 0. The molecule has 4 rings (SSSR count). The highest BCUT2D eigenvalue weighted by molar-refractivity contribution is 9.10. The molecule has 0 amide bonds. The summed E-state index contributed by atoms with van der Waals surface area (Å²) < 4.78 is 12.2. The highest BCUT2D eigenvalue weighted by Crippen LogP contribution is 2.34. The first-order valence-corrected chi connectivity index (χ1v) is 9.52. The minimum absolute atomic E-state index is 0.315. The van der Waals surface area contributed by atoms with Crippen molar-refractivity contribution in [1.29, 1.82) is 0 Å². The molecule has 27 heavy (non-hydrogen) atoms. The van der Waals surface area contributed by atoms with Gasteiger partial charge in [0.1, 0.15) is 11.2 Å². The van der Waals surface area contributed by atoms with Gasteiger partial charge in [-0.3, -0.25) is 0 Å². The maximum absolute atomic E-state index is 12.7. The molecule has 3 aromatic carbocycles. The van der Waals surface area contributed by atoms with Crippen LogP contribution in [0.3, 0.4) is 0 Å². The highest BCUT2D eigenvalue weighted by Gasteiger charge is 2.17. The van der Waals surface area contributed by atoms with Crippen molar-refractivity contribution in [2.75, 3.05) is 6.61 Å². The standard InChI is InChI=1S/C23H17BrO3/c1-2-26-23(25)19(16-9-3-5-12-20(16)24)14-15-8-7-11-18-17-10-4-6-13-21(17)27-22(15)18/h3-14H,2H2,1H3/b19-14-. The van der Waals surface area contributed by atoms with Crippen molar-refractivity contribution in [2.45, 2.75) is 6.92 Å². The fourth-order valence-electron chi connectivity index (χ4n) is 3.17. The lowest BCUT2D eigenvalue weighted by atomic mass is 10.0. The van der Waals surface area contributed by atoms with E-state index in [0.29, 0.717) is 12.2 Å². The van der Waals surface area contributed by atoms with E-state index in [1.165, 1.54) is 0 Å². The average Bonchev–Trinajstić information content (AvgIpc) is 3.06. The molecule has 0 bridgehead atoms. The minimum atomic E-state index is -0.363. The van der Waals surface area contributed by atoms with Crippen molar-refractivity contribution in [1.82, 2.24) is 0 Å². The molecule has 0 aliphatic carbocycles. The number of benzene rings is 3. The number of carbonyl (C=O) groups excluding carboxylic acids is 1. The van der Waals surface area contributed by atoms with Gasteiger partial charge >= 0.3 is 5.97 Å². The molecule has 0 saturated carbocycles. The van der Waals surface area contributed by atoms with E-state index in [0.717, 1.165) is 37.5 Å². The van der Waals surface area contributed by atoms with Crippen molar-refractivity contribution in [3.8, 4) is 0 Å². The summed E-state index contributed by atoms with van der Waals surface area (Å²) in [5, 5.41) is 2.08. The SMILES string of the molecule is CCOC(=O)/C(=C\c1cccc2c1oc1ccccc12)c1ccccc1Br. The molecule has 0 saturated heterocycles. The lowest BCUT2D eigenvalue weighted by molar-refractivity contribution is -0.136. The number of fused-ring (bicyclic) bond motifs is 3. The molecular weight excluding hydrogens is 404 g/mol. The first-order chi connectivity index (χ1) is 13.2. The first kappa shape index (κ1) is 17.6. The zero-order valence-corrected chi connectivity index (χ0v) is 16.3. The van der Waals surface area contributed by atoms with E-state index in [-0.39, 0.29) is 5.97 Å². The molecule has 0 unspecified atom stereocenters. The van der Waals surface area contributed by atoms with E-state index >= 15 is 0 Å². The van der Waals surface area contributed by atoms with Crippen LogP contribution in [0.4, 0.5) is 0 Å². The molecule has 0 N–H and O–H groups in total. The predicted octanol–water partition coefficient (Wildman–Crippen LogP) is 6.45. The zero-order chi connectivity index (χ0) is 18.8. The molecular formula is C23H17BrO3. The lowest BCUT2D eigenvalue weighted by Crippen LogP contribution is -2.07. The van der Waals surface area contributed by atoms with E-state index < -0.39 is 0 Å². The van der Waals surface area contributed by atoms with Crippen LogP contribution in [-0.4, -0.2) is 12.6 Å². The summed E-state index contributed by atoms with van der Waals surface area (Å²) in [6, 6.07) is 21.5. The number of furan rings is 1. The van der Waals surface area contributed by atoms with Crippen molar-refractivity contribution in [3.63, 3.8) is 0 Å². The number of hydrogen-bond donors (Lipinski definition) is 0. The third-order valence-corrected chi connectivity index (χ3v) is 5.09. The third-order valence-electron chi connectivity index (χ3n) is 4.39. The Morgan fingerprint density at radius 3 is 2.56 bits per heavy atom. The third kappa shape index (κ3) is 3.28. The van der Waals surface area contributed by atoms with Gasteiger partial charge in [-0.1, -0.05) is 70.5 Å². The Morgan fingerprint density at radius 1 is 1.00 bits per heavy atom. The number of hydrogen-bond acceptors (Lipinski definition) is 3. The van der Waals surface area contributed by atoms with E-state index in [1.807, 2.05) is 72.8 Å². The fraction of sp³-hybridized carbons (Fsp3) is 0.0870. The van der Waals surface area contributed by atoms with Crippen molar-refractivity contribution in [3.05, 3.63) is 82.3 Å². The number of rotatable bonds is 4. The normalized spacial score (nSPS) is 11.9. The Hall–Kier alpha value is -2.85. The molecule has 0 atom stereocenters. The molecule has 0 spiro atoms. The molecule has 1 aromatic heterocycles. The molecule has 134 valence electrons. The van der Waals surface area contributed by atoms with Gasteiger partial charge in [0.15, 0.2) is 0 Å². The molecule has 3 nitrogen and oxygen atoms in total. The van der Waals surface area contributed by atoms with Crippen LogP contribution >= 0.6 is 15.9 Å². The van der Waals surface area contributed by atoms with Gasteiger partial charge in [0.05, 0.1) is 12.2 Å². The quantitative estimate of drug-likeness (QED) is 0.216. The number of ether oxygens (including phenoxy) is 1. The van der Waals surface area contributed by atoms with Crippen LogP contribution in [0, 0.1) is 0 Å². The first-order valence-electron chi connectivity index (χ1n) is 8.73. The summed E-state index contributed by atoms with van der Waals surface area (Å²) >= 11 is 3.54. The molecule has 4 aromatic rings. The highest BCUT2D eigenvalue weighted by atomic mass is 79.9. The van der Waals surface area contributed by atoms with Crippen LogP contribution in [-0.2, 0) is 9.53 Å². The van der Waals surface area contributed by atoms with Gasteiger partial charge in [0.25, 0.3) is 0 Å². The maximum atomic E-state index is 12.7.